The standard InChI is InChI=1S/C36H65BO7SSi/c1-21(2)22(3)32-33(42-37(10)41-32)23(4)25-14-15-26-24-18-29(38)28-19-30(43-45(11,39)40)31(44-46(12,13)34(5,6)7)20-36(28,9)27(24)16-17-35(25,26)8/h21-28,30-33H,14-20H2,1-13H3/t22-,23+,24+,25-,26+,27+,28-,30+,31-,32-,33-,35-,36-/m1/s1. The zero-order chi connectivity index (χ0) is 34.4. The summed E-state index contributed by atoms with van der Waals surface area (Å²) in [5, 5.41) is -0.0225. The van der Waals surface area contributed by atoms with Crippen molar-refractivity contribution in [1.29, 1.82) is 0 Å². The number of ketones is 1. The summed E-state index contributed by atoms with van der Waals surface area (Å²) in [4.78, 5) is 14.2. The smallest absolute Gasteiger partial charge is 0.411 e. The van der Waals surface area contributed by atoms with Crippen molar-refractivity contribution in [2.45, 2.75) is 157 Å². The molecule has 4 aliphatic carbocycles. The van der Waals surface area contributed by atoms with Crippen LogP contribution in [-0.4, -0.2) is 60.3 Å². The van der Waals surface area contributed by atoms with Crippen molar-refractivity contribution in [1.82, 2.24) is 0 Å². The van der Waals surface area contributed by atoms with Gasteiger partial charge in [-0.05, 0) is 116 Å². The van der Waals surface area contributed by atoms with Crippen molar-refractivity contribution in [3.05, 3.63) is 0 Å². The zero-order valence-corrected chi connectivity index (χ0v) is 33.0. The Morgan fingerprint density at radius 1 is 0.957 bits per heavy atom. The highest BCUT2D eigenvalue weighted by atomic mass is 32.2. The molecule has 0 bridgehead atoms. The van der Waals surface area contributed by atoms with Crippen LogP contribution < -0.4 is 0 Å². The van der Waals surface area contributed by atoms with Gasteiger partial charge in [0.1, 0.15) is 11.9 Å². The third kappa shape index (κ3) is 6.52. The molecule has 0 aromatic carbocycles. The highest BCUT2D eigenvalue weighted by molar-refractivity contribution is 7.86. The summed E-state index contributed by atoms with van der Waals surface area (Å²) in [6.45, 7) is 27.3. The van der Waals surface area contributed by atoms with Gasteiger partial charge in [-0.25, -0.2) is 0 Å². The van der Waals surface area contributed by atoms with E-state index in [2.05, 4.69) is 75.4 Å². The summed E-state index contributed by atoms with van der Waals surface area (Å²) in [6.07, 6.45) is 6.71. The average Bonchev–Trinajstić information content (AvgIpc) is 3.47. The van der Waals surface area contributed by atoms with E-state index in [0.717, 1.165) is 25.5 Å². The number of rotatable bonds is 8. The van der Waals surface area contributed by atoms with Crippen molar-refractivity contribution in [3.63, 3.8) is 0 Å². The minimum absolute atomic E-state index is 0.0225. The fraction of sp³-hybridized carbons (Fsp3) is 0.972. The van der Waals surface area contributed by atoms with Gasteiger partial charge < -0.3 is 13.7 Å². The summed E-state index contributed by atoms with van der Waals surface area (Å²) < 4.78 is 50.6. The minimum atomic E-state index is -3.70. The van der Waals surface area contributed by atoms with Gasteiger partial charge in [0.2, 0.25) is 0 Å². The van der Waals surface area contributed by atoms with Gasteiger partial charge >= 0.3 is 7.12 Å². The molecular weight excluding hydrogens is 615 g/mol. The molecule has 0 aromatic rings. The number of fused-ring (bicyclic) bond motifs is 5. The Morgan fingerprint density at radius 2 is 1.57 bits per heavy atom. The molecule has 5 rings (SSSR count). The first-order valence-electron chi connectivity index (χ1n) is 18.4. The van der Waals surface area contributed by atoms with Gasteiger partial charge in [-0.2, -0.15) is 8.42 Å². The van der Waals surface area contributed by atoms with Crippen LogP contribution in [0.15, 0.2) is 0 Å². The van der Waals surface area contributed by atoms with Crippen LogP contribution in [0.5, 0.6) is 0 Å². The lowest BCUT2D eigenvalue weighted by atomic mass is 9.44. The topological polar surface area (TPSA) is 88.1 Å². The molecule has 5 aliphatic rings. The van der Waals surface area contributed by atoms with E-state index >= 15 is 0 Å². The molecule has 0 aromatic heterocycles. The second kappa shape index (κ2) is 12.5. The molecule has 1 saturated heterocycles. The first kappa shape index (κ1) is 37.0. The highest BCUT2D eigenvalue weighted by Crippen LogP contribution is 2.68. The molecule has 1 heterocycles. The summed E-state index contributed by atoms with van der Waals surface area (Å²) in [7, 11) is -6.11. The second-order valence-electron chi connectivity index (χ2n) is 18.8. The van der Waals surface area contributed by atoms with E-state index in [-0.39, 0.29) is 47.2 Å². The van der Waals surface area contributed by atoms with Crippen molar-refractivity contribution in [2.24, 2.45) is 58.2 Å². The Balaban J connectivity index is 1.41. The average molecular weight is 681 g/mol. The summed E-state index contributed by atoms with van der Waals surface area (Å²) in [6, 6.07) is 0. The van der Waals surface area contributed by atoms with Crippen LogP contribution in [0.3, 0.4) is 0 Å². The van der Waals surface area contributed by atoms with Gasteiger partial charge in [-0.3, -0.25) is 8.98 Å². The van der Waals surface area contributed by atoms with Crippen LogP contribution in [0.2, 0.25) is 25.0 Å². The molecule has 0 amide bonds. The van der Waals surface area contributed by atoms with Crippen molar-refractivity contribution >= 4 is 31.3 Å². The lowest BCUT2D eigenvalue weighted by molar-refractivity contribution is -0.170. The van der Waals surface area contributed by atoms with Gasteiger partial charge in [0.25, 0.3) is 10.1 Å². The van der Waals surface area contributed by atoms with Crippen molar-refractivity contribution < 1.29 is 31.1 Å². The fourth-order valence-electron chi connectivity index (χ4n) is 11.0. The van der Waals surface area contributed by atoms with E-state index in [1.54, 1.807) is 0 Å². The summed E-state index contributed by atoms with van der Waals surface area (Å²) >= 11 is 0. The maximum absolute atomic E-state index is 14.2. The zero-order valence-electron chi connectivity index (χ0n) is 31.2. The van der Waals surface area contributed by atoms with Gasteiger partial charge in [-0.15, -0.1) is 0 Å². The normalized spacial score (nSPS) is 43.3. The minimum Gasteiger partial charge on any atom is -0.411 e. The van der Waals surface area contributed by atoms with E-state index < -0.39 is 24.5 Å². The maximum Gasteiger partial charge on any atom is 0.454 e. The fourth-order valence-corrected chi connectivity index (χ4v) is 13.0. The third-order valence-electron chi connectivity index (χ3n) is 14.8. The van der Waals surface area contributed by atoms with E-state index in [0.29, 0.717) is 66.5 Å². The van der Waals surface area contributed by atoms with Gasteiger partial charge in [0.15, 0.2) is 8.32 Å². The van der Waals surface area contributed by atoms with Crippen LogP contribution in [0.4, 0.5) is 0 Å². The van der Waals surface area contributed by atoms with Crippen molar-refractivity contribution in [2.75, 3.05) is 6.26 Å². The van der Waals surface area contributed by atoms with Crippen LogP contribution >= 0.6 is 0 Å². The first-order valence-corrected chi connectivity index (χ1v) is 23.1. The quantitative estimate of drug-likeness (QED) is 0.190. The SMILES string of the molecule is CB1O[C@H]([C@@H](C)[C@H]2CC[C@H]3[C@@H]4CC(=O)[C@H]5C[C@H](OS(C)(=O)=O)[C@H](O[Si](C)(C)C(C)(C)C)C[C@]5(C)[C@H]4CC[C@]23C)[C@@H]([C@H](C)C(C)C)O1. The number of hydrogen-bond acceptors (Lipinski definition) is 7. The maximum atomic E-state index is 14.2. The molecule has 7 nitrogen and oxygen atoms in total. The molecule has 0 unspecified atom stereocenters. The second-order valence-corrected chi connectivity index (χ2v) is 25.1. The van der Waals surface area contributed by atoms with Crippen molar-refractivity contribution in [3.8, 4) is 0 Å². The van der Waals surface area contributed by atoms with Gasteiger partial charge in [0, 0.05) is 12.3 Å². The van der Waals surface area contributed by atoms with E-state index in [1.807, 2.05) is 6.82 Å². The molecule has 5 fully saturated rings. The molecule has 0 radical (unpaired) electrons. The largest absolute Gasteiger partial charge is 0.454 e. The van der Waals surface area contributed by atoms with Crippen LogP contribution in [-0.2, 0) is 32.8 Å². The Morgan fingerprint density at radius 3 is 2.15 bits per heavy atom. The molecule has 4 saturated carbocycles. The molecule has 1 aliphatic heterocycles. The van der Waals surface area contributed by atoms with E-state index in [9.17, 15) is 13.2 Å². The molecule has 0 spiro atoms. The Kier molecular flexibility index (Phi) is 10.1. The predicted molar refractivity (Wildman–Crippen MR) is 187 cm³/mol. The molecule has 46 heavy (non-hydrogen) atoms. The van der Waals surface area contributed by atoms with Crippen LogP contribution in [0.25, 0.3) is 0 Å². The predicted octanol–water partition coefficient (Wildman–Crippen LogP) is 8.00. The lowest BCUT2D eigenvalue weighted by Gasteiger charge is -2.62. The van der Waals surface area contributed by atoms with Gasteiger partial charge in [-0.1, -0.05) is 62.3 Å². The summed E-state index contributed by atoms with van der Waals surface area (Å²) in [5.74, 6) is 3.28. The molecule has 0 N–H and O–H groups in total. The molecular formula is C36H65BO7SSi. The number of carbonyl (C=O) groups excluding carboxylic acids is 1. The molecule has 10 heteroatoms. The molecule has 13 atom stereocenters. The third-order valence-corrected chi connectivity index (χ3v) is 19.9. The monoisotopic (exact) mass is 680 g/mol. The summed E-state index contributed by atoms with van der Waals surface area (Å²) in [5.41, 5.74) is -0.0659. The number of hydrogen-bond donors (Lipinski definition) is 0. The highest BCUT2D eigenvalue weighted by Gasteiger charge is 2.65. The first-order chi connectivity index (χ1) is 21.0. The Hall–Kier alpha value is -0.258. The Labute approximate surface area is 282 Å². The number of carbonyl (C=O) groups is 1. The van der Waals surface area contributed by atoms with E-state index in [1.165, 1.54) is 6.42 Å². The number of Topliss-reactive ketones (excluding diaryl/α,β-unsaturated/α-hetero) is 1. The van der Waals surface area contributed by atoms with E-state index in [4.69, 9.17) is 17.9 Å². The molecule has 264 valence electrons. The Bertz CT molecular complexity index is 1250. The van der Waals surface area contributed by atoms with Crippen LogP contribution in [0, 0.1) is 58.2 Å². The van der Waals surface area contributed by atoms with Crippen LogP contribution in [0.1, 0.15) is 107 Å². The lowest BCUT2D eigenvalue weighted by Crippen LogP contribution is -2.61. The van der Waals surface area contributed by atoms with Gasteiger partial charge in [0.05, 0.1) is 24.6 Å².